The van der Waals surface area contributed by atoms with E-state index in [0.29, 0.717) is 5.56 Å². The molecule has 1 aromatic carbocycles. The van der Waals surface area contributed by atoms with Gasteiger partial charge in [-0.25, -0.2) is 0 Å². The van der Waals surface area contributed by atoms with Crippen molar-refractivity contribution in [2.24, 2.45) is 28.7 Å². The Morgan fingerprint density at radius 3 is 1.89 bits per heavy atom. The Morgan fingerprint density at radius 1 is 0.704 bits per heavy atom. The predicted octanol–water partition coefficient (Wildman–Crippen LogP) is -6.00. The van der Waals surface area contributed by atoms with Crippen LogP contribution in [0.2, 0.25) is 0 Å². The normalized spacial score (nSPS) is 44.8. The third-order valence-electron chi connectivity index (χ3n) is 10.3. The van der Waals surface area contributed by atoms with Gasteiger partial charge in [-0.15, -0.1) is 0 Å². The molecule has 4 aliphatic rings. The topological polar surface area (TPSA) is 339 Å². The maximum Gasteiger partial charge on any atom is 0.416 e. The molecule has 3 heterocycles. The summed E-state index contributed by atoms with van der Waals surface area (Å²) >= 11 is 0. The van der Waals surface area contributed by atoms with Gasteiger partial charge in [0.25, 0.3) is 0 Å². The number of aliphatic hydroxyl groups is 7. The second kappa shape index (κ2) is 18.2. The smallest absolute Gasteiger partial charge is 0.394 e. The molecule has 19 nitrogen and oxygen atoms in total. The molecule has 1 aliphatic carbocycles. The summed E-state index contributed by atoms with van der Waals surface area (Å²) in [5.74, 6) is 0. The van der Waals surface area contributed by atoms with Crippen LogP contribution < -0.4 is 34.0 Å². The summed E-state index contributed by atoms with van der Waals surface area (Å²) in [5.41, 5.74) is 30.0. The van der Waals surface area contributed by atoms with Gasteiger partial charge in [0.1, 0.15) is 67.1 Å². The number of aliphatic hydroxyl groups excluding tert-OH is 7. The van der Waals surface area contributed by atoms with Crippen LogP contribution in [0.25, 0.3) is 0 Å². The number of benzene rings is 1. The summed E-state index contributed by atoms with van der Waals surface area (Å²) in [5, 5.41) is 77.6. The molecule has 1 saturated carbocycles. The fourth-order valence-corrected chi connectivity index (χ4v) is 7.10. The molecule has 19 atom stereocenters. The van der Waals surface area contributed by atoms with Gasteiger partial charge in [0.05, 0.1) is 30.4 Å². The fraction of sp³-hybridized carbons (Fsp3) is 0.812. The number of rotatable bonds is 13. The Kier molecular flexibility index (Phi) is 14.6. The van der Waals surface area contributed by atoms with Gasteiger partial charge in [0.2, 0.25) is 0 Å². The maximum atomic E-state index is 13.1. The van der Waals surface area contributed by atoms with Crippen LogP contribution in [0.3, 0.4) is 0 Å². The van der Waals surface area contributed by atoms with Crippen molar-refractivity contribution in [1.82, 2.24) is 5.32 Å². The highest BCUT2D eigenvalue weighted by Crippen LogP contribution is 2.35. The van der Waals surface area contributed by atoms with Crippen LogP contribution in [-0.2, 0) is 41.0 Å². The molecule has 4 fully saturated rings. The van der Waals surface area contributed by atoms with Gasteiger partial charge in [0.15, 0.2) is 18.9 Å². The molecule has 1 unspecified atom stereocenters. The van der Waals surface area contributed by atoms with Crippen molar-refractivity contribution in [3.63, 3.8) is 0 Å². The Labute approximate surface area is 308 Å². The Morgan fingerprint density at radius 2 is 1.28 bits per heavy atom. The van der Waals surface area contributed by atoms with Gasteiger partial charge in [0, 0.05) is 25.2 Å². The molecule has 54 heavy (non-hydrogen) atoms. The number of hydrogen-bond acceptors (Lipinski definition) is 19. The zero-order valence-electron chi connectivity index (χ0n) is 29.1. The van der Waals surface area contributed by atoms with Crippen molar-refractivity contribution in [2.45, 2.75) is 135 Å². The van der Waals surface area contributed by atoms with Gasteiger partial charge >= 0.3 is 6.18 Å². The van der Waals surface area contributed by atoms with Crippen molar-refractivity contribution in [2.75, 3.05) is 26.2 Å². The molecule has 1 aromatic rings. The molecule has 0 radical (unpaired) electrons. The van der Waals surface area contributed by atoms with E-state index in [0.717, 1.165) is 12.1 Å². The monoisotopic (exact) mass is 786 g/mol. The molecular weight excluding hydrogens is 733 g/mol. The average molecular weight is 787 g/mol. The molecule has 5 rings (SSSR count). The quantitative estimate of drug-likeness (QED) is 0.0828. The first-order chi connectivity index (χ1) is 25.5. The fourth-order valence-electron chi connectivity index (χ4n) is 7.10. The van der Waals surface area contributed by atoms with E-state index in [4.69, 9.17) is 57.1 Å². The largest absolute Gasteiger partial charge is 0.416 e. The molecule has 3 saturated heterocycles. The molecule has 0 bridgehead atoms. The molecule has 18 N–H and O–H groups in total. The van der Waals surface area contributed by atoms with E-state index < -0.39 is 135 Å². The van der Waals surface area contributed by atoms with E-state index >= 15 is 0 Å². The van der Waals surface area contributed by atoms with Crippen molar-refractivity contribution >= 4 is 0 Å². The standard InChI is InChI=1S/C32H53F3N6O13/c33-32(34,35)12-3-1-2-11(6-12)4-5-41-9-16-22(45)24(47)19(40)30(50-16)52-26-14(38)7-13(37)20(43)28(26)54-31-25(48)27(17(10-42)51-31)53-29-18(39)23(46)21(44)15(8-36)49-29/h1-3,6,13-31,41-48H,4-5,7-10,36-40H2/t13-,14+,15?,16-,17-,18-,19-,20+,21-,22-,23-,24-,25-,26-,27-,28-,29-,30-,31+/m1/s1. The number of nitrogens with two attached hydrogens (primary N) is 5. The Hall–Kier alpha value is -1.75. The number of nitrogens with one attached hydrogen (secondary N) is 1. The first kappa shape index (κ1) is 43.4. The summed E-state index contributed by atoms with van der Waals surface area (Å²) in [6.45, 7) is -0.777. The second-order valence-corrected chi connectivity index (χ2v) is 14.2. The second-order valence-electron chi connectivity index (χ2n) is 14.2. The molecule has 22 heteroatoms. The Balaban J connectivity index is 1.24. The van der Waals surface area contributed by atoms with E-state index in [-0.39, 0.29) is 32.5 Å². The van der Waals surface area contributed by atoms with Gasteiger partial charge in [-0.05, 0) is 31.0 Å². The summed E-state index contributed by atoms with van der Waals surface area (Å²) < 4.78 is 74.5. The lowest BCUT2D eigenvalue weighted by Crippen LogP contribution is -2.68. The minimum absolute atomic E-state index is 0.0197. The Bertz CT molecular complexity index is 1350. The number of ether oxygens (including phenoxy) is 6. The first-order valence-electron chi connectivity index (χ1n) is 17.7. The molecule has 0 aromatic heterocycles. The molecular formula is C32H53F3N6O13. The average Bonchev–Trinajstić information content (AvgIpc) is 3.43. The third-order valence-corrected chi connectivity index (χ3v) is 10.3. The highest BCUT2D eigenvalue weighted by molar-refractivity contribution is 5.25. The van der Waals surface area contributed by atoms with Crippen LogP contribution in [0.1, 0.15) is 17.5 Å². The summed E-state index contributed by atoms with van der Waals surface area (Å²) in [7, 11) is 0. The van der Waals surface area contributed by atoms with Gasteiger partial charge in [-0.2, -0.15) is 13.2 Å². The van der Waals surface area contributed by atoms with Crippen LogP contribution in [0, 0.1) is 0 Å². The highest BCUT2D eigenvalue weighted by Gasteiger charge is 2.54. The lowest BCUT2D eigenvalue weighted by molar-refractivity contribution is -0.307. The van der Waals surface area contributed by atoms with Crippen molar-refractivity contribution in [3.05, 3.63) is 35.4 Å². The van der Waals surface area contributed by atoms with E-state index in [1.807, 2.05) is 0 Å². The molecule has 3 aliphatic heterocycles. The van der Waals surface area contributed by atoms with E-state index in [1.54, 1.807) is 6.07 Å². The van der Waals surface area contributed by atoms with Crippen LogP contribution >= 0.6 is 0 Å². The zero-order valence-corrected chi connectivity index (χ0v) is 29.1. The molecule has 0 amide bonds. The van der Waals surface area contributed by atoms with E-state index in [2.05, 4.69) is 5.32 Å². The minimum Gasteiger partial charge on any atom is -0.394 e. The van der Waals surface area contributed by atoms with Gasteiger partial charge < -0.3 is 98.2 Å². The van der Waals surface area contributed by atoms with E-state index in [9.17, 15) is 48.9 Å². The van der Waals surface area contributed by atoms with Crippen LogP contribution in [0.4, 0.5) is 13.2 Å². The number of alkyl halides is 3. The first-order valence-corrected chi connectivity index (χ1v) is 17.7. The summed E-state index contributed by atoms with van der Waals surface area (Å²) in [4.78, 5) is 0. The number of halogens is 3. The summed E-state index contributed by atoms with van der Waals surface area (Å²) in [6.07, 6.45) is -25.3. The predicted molar refractivity (Wildman–Crippen MR) is 177 cm³/mol. The highest BCUT2D eigenvalue weighted by atomic mass is 19.4. The maximum absolute atomic E-state index is 13.1. The lowest BCUT2D eigenvalue weighted by atomic mass is 9.84. The zero-order chi connectivity index (χ0) is 39.6. The van der Waals surface area contributed by atoms with Crippen LogP contribution in [0.15, 0.2) is 24.3 Å². The SMILES string of the molecule is NCC1O[C@H](O[C@H]2[C@@H](O)[C@H](O[C@@H]3[C@@H](O)[C@H](N)C[C@H](N)[C@H]3O[C@H]3O[C@H](CNCCc4cccc(C(F)(F)F)c4)[C@@H](O)[C@H](O)[C@H]3N)O[C@@H]2CO)[C@H](N)[C@@H](O)[C@@H]1O. The van der Waals surface area contributed by atoms with Crippen LogP contribution in [-0.4, -0.2) is 178 Å². The van der Waals surface area contributed by atoms with Crippen LogP contribution in [0.5, 0.6) is 0 Å². The molecule has 0 spiro atoms. The van der Waals surface area contributed by atoms with Crippen molar-refractivity contribution in [1.29, 1.82) is 0 Å². The van der Waals surface area contributed by atoms with E-state index in [1.165, 1.54) is 6.07 Å². The van der Waals surface area contributed by atoms with Crippen molar-refractivity contribution in [3.8, 4) is 0 Å². The third kappa shape index (κ3) is 9.50. The minimum atomic E-state index is -4.49. The summed E-state index contributed by atoms with van der Waals surface area (Å²) in [6, 6.07) is 0.350. The van der Waals surface area contributed by atoms with Crippen molar-refractivity contribution < 1.29 is 77.3 Å². The number of hydrogen-bond donors (Lipinski definition) is 13. The van der Waals surface area contributed by atoms with Gasteiger partial charge in [-0.1, -0.05) is 18.2 Å². The molecule has 310 valence electrons. The lowest BCUT2D eigenvalue weighted by Gasteiger charge is -2.47. The van der Waals surface area contributed by atoms with Gasteiger partial charge in [-0.3, -0.25) is 0 Å².